The van der Waals surface area contributed by atoms with E-state index in [0.29, 0.717) is 22.8 Å². The maximum absolute atomic E-state index is 12.7. The van der Waals surface area contributed by atoms with E-state index >= 15 is 0 Å². The summed E-state index contributed by atoms with van der Waals surface area (Å²) in [4.78, 5) is 21.6. The van der Waals surface area contributed by atoms with Crippen LogP contribution in [-0.4, -0.2) is 35.4 Å². The van der Waals surface area contributed by atoms with Gasteiger partial charge in [0.1, 0.15) is 12.1 Å². The fourth-order valence-corrected chi connectivity index (χ4v) is 3.57. The van der Waals surface area contributed by atoms with Gasteiger partial charge in [0.15, 0.2) is 11.5 Å². The van der Waals surface area contributed by atoms with Gasteiger partial charge in [-0.3, -0.25) is 4.79 Å². The van der Waals surface area contributed by atoms with Crippen molar-refractivity contribution in [3.05, 3.63) is 89.5 Å². The lowest BCUT2D eigenvalue weighted by molar-refractivity contribution is 0.102. The zero-order valence-electron chi connectivity index (χ0n) is 17.9. The first kappa shape index (κ1) is 19.6. The van der Waals surface area contributed by atoms with Crippen LogP contribution in [0.4, 0.5) is 5.82 Å². The summed E-state index contributed by atoms with van der Waals surface area (Å²) in [5.41, 5.74) is 5.28. The molecule has 1 amide bonds. The first-order valence-corrected chi connectivity index (χ1v) is 10.2. The SMILES string of the molecule is Cc1cc(NC(=O)c2ccccc2)n(-c2ncnc3c2cnn3-c2ccc(C)c(C)c2)n1. The van der Waals surface area contributed by atoms with Crippen LogP contribution in [0.15, 0.2) is 67.1 Å². The Morgan fingerprint density at radius 1 is 0.906 bits per heavy atom. The summed E-state index contributed by atoms with van der Waals surface area (Å²) >= 11 is 0. The molecule has 0 aliphatic heterocycles. The summed E-state index contributed by atoms with van der Waals surface area (Å²) in [6.07, 6.45) is 3.20. The number of hydrogen-bond donors (Lipinski definition) is 1. The molecule has 0 aliphatic carbocycles. The number of aryl methyl sites for hydroxylation is 3. The zero-order valence-corrected chi connectivity index (χ0v) is 17.9. The Labute approximate surface area is 184 Å². The van der Waals surface area contributed by atoms with Gasteiger partial charge in [0, 0.05) is 11.6 Å². The Morgan fingerprint density at radius 2 is 1.72 bits per heavy atom. The van der Waals surface area contributed by atoms with Gasteiger partial charge in [0.25, 0.3) is 5.91 Å². The number of amides is 1. The summed E-state index contributed by atoms with van der Waals surface area (Å²) in [6, 6.07) is 17.0. The minimum atomic E-state index is -0.220. The molecule has 3 aromatic heterocycles. The van der Waals surface area contributed by atoms with Gasteiger partial charge in [0.2, 0.25) is 0 Å². The zero-order chi connectivity index (χ0) is 22.2. The van der Waals surface area contributed by atoms with Crippen LogP contribution in [0.5, 0.6) is 0 Å². The van der Waals surface area contributed by atoms with Crippen LogP contribution in [0, 0.1) is 20.8 Å². The monoisotopic (exact) mass is 423 g/mol. The molecule has 3 heterocycles. The van der Waals surface area contributed by atoms with Crippen molar-refractivity contribution < 1.29 is 4.79 Å². The van der Waals surface area contributed by atoms with Gasteiger partial charge in [-0.05, 0) is 56.2 Å². The summed E-state index contributed by atoms with van der Waals surface area (Å²) in [6.45, 7) is 6.01. The van der Waals surface area contributed by atoms with E-state index in [1.54, 1.807) is 27.7 Å². The molecule has 1 N–H and O–H groups in total. The second-order valence-electron chi connectivity index (χ2n) is 7.66. The molecule has 8 heteroatoms. The van der Waals surface area contributed by atoms with Gasteiger partial charge < -0.3 is 5.32 Å². The summed E-state index contributed by atoms with van der Waals surface area (Å²) < 4.78 is 3.40. The summed E-state index contributed by atoms with van der Waals surface area (Å²) in [5, 5.41) is 12.8. The maximum Gasteiger partial charge on any atom is 0.256 e. The Hall–Kier alpha value is -4.33. The molecule has 0 bridgehead atoms. The van der Waals surface area contributed by atoms with Gasteiger partial charge in [-0.2, -0.15) is 14.9 Å². The third kappa shape index (κ3) is 3.41. The first-order chi connectivity index (χ1) is 15.5. The minimum Gasteiger partial charge on any atom is -0.306 e. The van der Waals surface area contributed by atoms with Gasteiger partial charge in [-0.25, -0.2) is 14.6 Å². The molecule has 0 spiro atoms. The molecule has 0 saturated carbocycles. The van der Waals surface area contributed by atoms with Gasteiger partial charge in [-0.1, -0.05) is 24.3 Å². The van der Waals surface area contributed by atoms with E-state index in [4.69, 9.17) is 0 Å². The lowest BCUT2D eigenvalue weighted by Crippen LogP contribution is -2.15. The van der Waals surface area contributed by atoms with Crippen molar-refractivity contribution in [2.75, 3.05) is 5.32 Å². The average molecular weight is 423 g/mol. The van der Waals surface area contributed by atoms with Crippen molar-refractivity contribution in [1.82, 2.24) is 29.5 Å². The van der Waals surface area contributed by atoms with Crippen molar-refractivity contribution >= 4 is 22.8 Å². The Morgan fingerprint density at radius 3 is 2.50 bits per heavy atom. The van der Waals surface area contributed by atoms with Crippen molar-refractivity contribution in [2.24, 2.45) is 0 Å². The molecule has 2 aromatic carbocycles. The van der Waals surface area contributed by atoms with E-state index < -0.39 is 0 Å². The maximum atomic E-state index is 12.7. The Balaban J connectivity index is 1.58. The van der Waals surface area contributed by atoms with E-state index in [0.717, 1.165) is 16.8 Å². The second kappa shape index (κ2) is 7.73. The van der Waals surface area contributed by atoms with Crippen LogP contribution in [0.3, 0.4) is 0 Å². The van der Waals surface area contributed by atoms with E-state index in [9.17, 15) is 4.79 Å². The van der Waals surface area contributed by atoms with Crippen molar-refractivity contribution in [1.29, 1.82) is 0 Å². The van der Waals surface area contributed by atoms with Crippen LogP contribution in [0.2, 0.25) is 0 Å². The quantitative estimate of drug-likeness (QED) is 0.468. The molecular weight excluding hydrogens is 402 g/mol. The average Bonchev–Trinajstić information content (AvgIpc) is 3.39. The molecule has 0 atom stereocenters. The fraction of sp³-hybridized carbons (Fsp3) is 0.125. The van der Waals surface area contributed by atoms with E-state index in [2.05, 4.69) is 51.5 Å². The first-order valence-electron chi connectivity index (χ1n) is 10.2. The number of rotatable bonds is 4. The van der Waals surface area contributed by atoms with Crippen molar-refractivity contribution in [2.45, 2.75) is 20.8 Å². The number of nitrogens with one attached hydrogen (secondary N) is 1. The Bertz CT molecular complexity index is 1450. The summed E-state index contributed by atoms with van der Waals surface area (Å²) in [7, 11) is 0. The number of carbonyl (C=O) groups is 1. The summed E-state index contributed by atoms with van der Waals surface area (Å²) in [5.74, 6) is 0.847. The lowest BCUT2D eigenvalue weighted by Gasteiger charge is -2.09. The molecular formula is C24H21N7O. The van der Waals surface area contributed by atoms with Gasteiger partial charge >= 0.3 is 0 Å². The number of aromatic nitrogens is 6. The Kier molecular flexibility index (Phi) is 4.74. The highest BCUT2D eigenvalue weighted by molar-refractivity contribution is 6.04. The predicted octanol–water partition coefficient (Wildman–Crippen LogP) is 4.18. The predicted molar refractivity (Wildman–Crippen MR) is 122 cm³/mol. The van der Waals surface area contributed by atoms with Crippen molar-refractivity contribution in [3.63, 3.8) is 0 Å². The number of fused-ring (bicyclic) bond motifs is 1. The molecule has 0 saturated heterocycles. The minimum absolute atomic E-state index is 0.220. The molecule has 5 rings (SSSR count). The molecule has 8 nitrogen and oxygen atoms in total. The second-order valence-corrected chi connectivity index (χ2v) is 7.66. The largest absolute Gasteiger partial charge is 0.306 e. The van der Waals surface area contributed by atoms with E-state index in [1.807, 2.05) is 37.3 Å². The normalized spacial score (nSPS) is 11.1. The highest BCUT2D eigenvalue weighted by Gasteiger charge is 2.18. The number of hydrogen-bond acceptors (Lipinski definition) is 5. The van der Waals surface area contributed by atoms with Crippen LogP contribution in [0.25, 0.3) is 22.5 Å². The molecule has 0 aliphatic rings. The van der Waals surface area contributed by atoms with Crippen LogP contribution >= 0.6 is 0 Å². The van der Waals surface area contributed by atoms with Crippen LogP contribution in [-0.2, 0) is 0 Å². The number of anilines is 1. The van der Waals surface area contributed by atoms with Crippen LogP contribution < -0.4 is 5.32 Å². The van der Waals surface area contributed by atoms with E-state index in [-0.39, 0.29) is 5.91 Å². The van der Waals surface area contributed by atoms with Gasteiger partial charge in [0.05, 0.1) is 23.0 Å². The van der Waals surface area contributed by atoms with Gasteiger partial charge in [-0.15, -0.1) is 0 Å². The lowest BCUT2D eigenvalue weighted by atomic mass is 10.1. The third-order valence-corrected chi connectivity index (χ3v) is 5.39. The molecule has 0 fully saturated rings. The van der Waals surface area contributed by atoms with Crippen molar-refractivity contribution in [3.8, 4) is 11.5 Å². The fourth-order valence-electron chi connectivity index (χ4n) is 3.57. The molecule has 32 heavy (non-hydrogen) atoms. The highest BCUT2D eigenvalue weighted by atomic mass is 16.1. The number of benzene rings is 2. The smallest absolute Gasteiger partial charge is 0.256 e. The molecule has 0 unspecified atom stereocenters. The molecule has 5 aromatic rings. The topological polar surface area (TPSA) is 90.5 Å². The number of nitrogens with zero attached hydrogens (tertiary/aromatic N) is 6. The standard InChI is InChI=1S/C24H21N7O/c1-15-9-10-19(11-16(15)2)30-22-20(13-27-30)23(26-14-25-22)31-21(12-17(3)29-31)28-24(32)18-7-5-4-6-8-18/h4-14H,1-3H3,(H,28,32). The van der Waals surface area contributed by atoms with E-state index in [1.165, 1.54) is 17.5 Å². The molecule has 0 radical (unpaired) electrons. The third-order valence-electron chi connectivity index (χ3n) is 5.39. The molecule has 158 valence electrons. The van der Waals surface area contributed by atoms with Crippen LogP contribution in [0.1, 0.15) is 27.2 Å². The highest BCUT2D eigenvalue weighted by Crippen LogP contribution is 2.25. The number of carbonyl (C=O) groups excluding carboxylic acids is 1.